The van der Waals surface area contributed by atoms with Gasteiger partial charge in [0, 0.05) is 0 Å². The molecule has 0 aliphatic rings. The Morgan fingerprint density at radius 1 is 1.30 bits per heavy atom. The molecule has 0 N–H and O–H groups in total. The van der Waals surface area contributed by atoms with Gasteiger partial charge in [0.1, 0.15) is 0 Å². The van der Waals surface area contributed by atoms with Gasteiger partial charge in [0.15, 0.2) is 0 Å². The fourth-order valence-electron chi connectivity index (χ4n) is 1.31. The third-order valence-corrected chi connectivity index (χ3v) is 2.11. The van der Waals surface area contributed by atoms with Crippen molar-refractivity contribution in [2.24, 2.45) is 5.92 Å². The van der Waals surface area contributed by atoms with E-state index in [2.05, 4.69) is 27.2 Å². The zero-order valence-corrected chi connectivity index (χ0v) is 7.69. The Bertz CT molecular complexity index is 57.1. The topological polar surface area (TPSA) is 0 Å². The molecule has 0 rings (SSSR count). The van der Waals surface area contributed by atoms with Crippen LogP contribution in [0, 0.1) is 12.3 Å². The fourth-order valence-corrected chi connectivity index (χ4v) is 1.31. The van der Waals surface area contributed by atoms with Crippen LogP contribution in [0.3, 0.4) is 0 Å². The molecule has 1 atom stereocenters. The van der Waals surface area contributed by atoms with Gasteiger partial charge in [0.2, 0.25) is 0 Å². The van der Waals surface area contributed by atoms with Crippen molar-refractivity contribution in [3.05, 3.63) is 6.42 Å². The van der Waals surface area contributed by atoms with Gasteiger partial charge in [-0.25, -0.2) is 0 Å². The lowest BCUT2D eigenvalue weighted by Gasteiger charge is -2.11. The highest BCUT2D eigenvalue weighted by atomic mass is 14.1. The molecule has 0 amide bonds. The summed E-state index contributed by atoms with van der Waals surface area (Å²) in [5.74, 6) is 0.963. The van der Waals surface area contributed by atoms with Crippen molar-refractivity contribution in [2.45, 2.75) is 52.9 Å². The average Bonchev–Trinajstić information content (AvgIpc) is 1.98. The van der Waals surface area contributed by atoms with Crippen LogP contribution >= 0.6 is 0 Å². The second kappa shape index (κ2) is 7.11. The molecule has 0 aromatic carbocycles. The molecular formula is C10H21. The largest absolute Gasteiger partial charge is 0.0654 e. The van der Waals surface area contributed by atoms with E-state index in [1.165, 1.54) is 32.1 Å². The average molecular weight is 141 g/mol. The normalized spacial score (nSPS) is 13.5. The fraction of sp³-hybridized carbons (Fsp3) is 0.900. The van der Waals surface area contributed by atoms with Crippen molar-refractivity contribution < 1.29 is 0 Å². The highest BCUT2D eigenvalue weighted by Gasteiger charge is 2.02. The number of hydrogen-bond acceptors (Lipinski definition) is 0. The first-order valence-corrected chi connectivity index (χ1v) is 4.62. The van der Waals surface area contributed by atoms with Crippen LogP contribution in [-0.2, 0) is 0 Å². The third kappa shape index (κ3) is 4.84. The summed E-state index contributed by atoms with van der Waals surface area (Å²) < 4.78 is 0. The van der Waals surface area contributed by atoms with Gasteiger partial charge in [-0.1, -0.05) is 46.5 Å². The summed E-state index contributed by atoms with van der Waals surface area (Å²) >= 11 is 0. The van der Waals surface area contributed by atoms with Crippen LogP contribution in [0.1, 0.15) is 52.9 Å². The molecule has 0 heterocycles. The van der Waals surface area contributed by atoms with E-state index in [0.717, 1.165) is 5.92 Å². The van der Waals surface area contributed by atoms with Gasteiger partial charge in [-0.2, -0.15) is 0 Å². The quantitative estimate of drug-likeness (QED) is 0.527. The van der Waals surface area contributed by atoms with Gasteiger partial charge in [0.25, 0.3) is 0 Å². The van der Waals surface area contributed by atoms with Crippen LogP contribution < -0.4 is 0 Å². The molecule has 1 radical (unpaired) electrons. The van der Waals surface area contributed by atoms with Crippen molar-refractivity contribution in [3.63, 3.8) is 0 Å². The van der Waals surface area contributed by atoms with E-state index in [-0.39, 0.29) is 0 Å². The molecule has 0 saturated carbocycles. The molecule has 0 nitrogen and oxygen atoms in total. The van der Waals surface area contributed by atoms with Crippen molar-refractivity contribution in [3.8, 4) is 0 Å². The standard InChI is InChI=1S/C10H21/c1-4-7-9-10(6-3)8-5-2/h5,10H,4,6-9H2,1-3H3. The monoisotopic (exact) mass is 141 g/mol. The Morgan fingerprint density at radius 2 is 2.00 bits per heavy atom. The van der Waals surface area contributed by atoms with E-state index in [0.29, 0.717) is 0 Å². The highest BCUT2D eigenvalue weighted by molar-refractivity contribution is 4.65. The predicted molar refractivity (Wildman–Crippen MR) is 47.9 cm³/mol. The second-order valence-corrected chi connectivity index (χ2v) is 3.06. The molecule has 0 aliphatic carbocycles. The number of rotatable bonds is 6. The minimum atomic E-state index is 0.963. The predicted octanol–water partition coefficient (Wildman–Crippen LogP) is 3.82. The molecule has 0 aliphatic heterocycles. The van der Waals surface area contributed by atoms with E-state index in [1.807, 2.05) is 0 Å². The Morgan fingerprint density at radius 3 is 2.40 bits per heavy atom. The molecule has 10 heavy (non-hydrogen) atoms. The van der Waals surface area contributed by atoms with Crippen LogP contribution in [0.15, 0.2) is 0 Å². The molecule has 0 heteroatoms. The first kappa shape index (κ1) is 10.0. The minimum Gasteiger partial charge on any atom is -0.0654 e. The molecule has 1 unspecified atom stereocenters. The van der Waals surface area contributed by atoms with Gasteiger partial charge in [-0.15, -0.1) is 0 Å². The second-order valence-electron chi connectivity index (χ2n) is 3.06. The smallest absolute Gasteiger partial charge is 0.0414 e. The summed E-state index contributed by atoms with van der Waals surface area (Å²) in [5, 5.41) is 0. The summed E-state index contributed by atoms with van der Waals surface area (Å²) in [6, 6.07) is 0. The highest BCUT2D eigenvalue weighted by Crippen LogP contribution is 2.17. The van der Waals surface area contributed by atoms with E-state index in [9.17, 15) is 0 Å². The SMILES string of the molecule is C[CH]CC(CC)CCCC. The van der Waals surface area contributed by atoms with E-state index in [4.69, 9.17) is 0 Å². The zero-order valence-electron chi connectivity index (χ0n) is 7.69. The van der Waals surface area contributed by atoms with Crippen LogP contribution in [0.25, 0.3) is 0 Å². The summed E-state index contributed by atoms with van der Waals surface area (Å²) in [6.07, 6.45) is 9.15. The Labute approximate surface area is 66.0 Å². The van der Waals surface area contributed by atoms with Gasteiger partial charge in [-0.05, 0) is 18.8 Å². The van der Waals surface area contributed by atoms with Gasteiger partial charge in [0.05, 0.1) is 0 Å². The molecular weight excluding hydrogens is 120 g/mol. The Hall–Kier alpha value is 0. The molecule has 0 aromatic rings. The summed E-state index contributed by atoms with van der Waals surface area (Å²) in [6.45, 7) is 6.72. The van der Waals surface area contributed by atoms with Crippen molar-refractivity contribution in [2.75, 3.05) is 0 Å². The van der Waals surface area contributed by atoms with E-state index >= 15 is 0 Å². The van der Waals surface area contributed by atoms with E-state index < -0.39 is 0 Å². The first-order chi connectivity index (χ1) is 4.85. The zero-order chi connectivity index (χ0) is 7.82. The van der Waals surface area contributed by atoms with Crippen LogP contribution in [0.2, 0.25) is 0 Å². The number of unbranched alkanes of at least 4 members (excludes halogenated alkanes) is 1. The Balaban J connectivity index is 3.21. The lowest BCUT2D eigenvalue weighted by atomic mass is 9.95. The van der Waals surface area contributed by atoms with Crippen molar-refractivity contribution in [1.82, 2.24) is 0 Å². The third-order valence-electron chi connectivity index (χ3n) is 2.11. The summed E-state index contributed by atoms with van der Waals surface area (Å²) in [5.41, 5.74) is 0. The molecule has 0 bridgehead atoms. The van der Waals surface area contributed by atoms with Crippen molar-refractivity contribution in [1.29, 1.82) is 0 Å². The molecule has 0 saturated heterocycles. The van der Waals surface area contributed by atoms with Crippen LogP contribution in [0.4, 0.5) is 0 Å². The molecule has 0 aromatic heterocycles. The maximum atomic E-state index is 2.30. The van der Waals surface area contributed by atoms with Gasteiger partial charge in [-0.3, -0.25) is 0 Å². The maximum absolute atomic E-state index is 2.30. The lowest BCUT2D eigenvalue weighted by Crippen LogP contribution is -1.97. The molecule has 0 spiro atoms. The number of hydrogen-bond donors (Lipinski definition) is 0. The summed E-state index contributed by atoms with van der Waals surface area (Å²) in [4.78, 5) is 0. The maximum Gasteiger partial charge on any atom is -0.0414 e. The van der Waals surface area contributed by atoms with Crippen LogP contribution in [0.5, 0.6) is 0 Å². The minimum absolute atomic E-state index is 0.963. The molecule has 0 fully saturated rings. The lowest BCUT2D eigenvalue weighted by molar-refractivity contribution is 0.446. The summed E-state index contributed by atoms with van der Waals surface area (Å²) in [7, 11) is 0. The van der Waals surface area contributed by atoms with Crippen LogP contribution in [-0.4, -0.2) is 0 Å². The van der Waals surface area contributed by atoms with Gasteiger partial charge < -0.3 is 0 Å². The molecule has 61 valence electrons. The first-order valence-electron chi connectivity index (χ1n) is 4.62. The Kier molecular flexibility index (Phi) is 7.11. The van der Waals surface area contributed by atoms with Crippen molar-refractivity contribution >= 4 is 0 Å². The van der Waals surface area contributed by atoms with E-state index in [1.54, 1.807) is 0 Å². The van der Waals surface area contributed by atoms with Gasteiger partial charge >= 0.3 is 0 Å².